The van der Waals surface area contributed by atoms with Gasteiger partial charge in [0.2, 0.25) is 5.88 Å². The van der Waals surface area contributed by atoms with Crippen LogP contribution in [0.5, 0.6) is 5.88 Å². The quantitative estimate of drug-likeness (QED) is 0.764. The van der Waals surface area contributed by atoms with Crippen molar-refractivity contribution in [1.29, 1.82) is 0 Å². The van der Waals surface area contributed by atoms with Crippen molar-refractivity contribution in [3.8, 4) is 5.88 Å². The Morgan fingerprint density at radius 3 is 3.07 bits per heavy atom. The van der Waals surface area contributed by atoms with Gasteiger partial charge in [0.05, 0.1) is 18.0 Å². The van der Waals surface area contributed by atoms with Crippen LogP contribution in [0, 0.1) is 0 Å². The second kappa shape index (κ2) is 4.00. The molecule has 0 fully saturated rings. The van der Waals surface area contributed by atoms with Gasteiger partial charge in [-0.25, -0.2) is 4.79 Å². The molecule has 5 heteroatoms. The van der Waals surface area contributed by atoms with Crippen molar-refractivity contribution in [2.45, 2.75) is 0 Å². The number of H-pyrrole nitrogens is 1. The lowest BCUT2D eigenvalue weighted by Gasteiger charge is -2.00. The highest BCUT2D eigenvalue weighted by Gasteiger charge is 2.08. The molecule has 78 valence electrons. The molecule has 0 saturated heterocycles. The number of rotatable bonds is 3. The van der Waals surface area contributed by atoms with Crippen molar-refractivity contribution in [2.75, 3.05) is 13.7 Å². The molecule has 15 heavy (non-hydrogen) atoms. The minimum Gasteiger partial charge on any atom is -0.466 e. The Morgan fingerprint density at radius 1 is 1.47 bits per heavy atom. The number of aromatic amines is 1. The Balaban J connectivity index is 2.18. The summed E-state index contributed by atoms with van der Waals surface area (Å²) in [4.78, 5) is 10.9. The molecule has 0 aliphatic rings. The zero-order chi connectivity index (χ0) is 10.7. The average Bonchev–Trinajstić information content (AvgIpc) is 2.69. The number of benzene rings is 1. The summed E-state index contributed by atoms with van der Waals surface area (Å²) in [6.07, 6.45) is 0. The van der Waals surface area contributed by atoms with E-state index in [1.807, 2.05) is 24.3 Å². The van der Waals surface area contributed by atoms with Gasteiger partial charge in [0.15, 0.2) is 6.61 Å². The normalized spacial score (nSPS) is 10.2. The fourth-order valence-electron chi connectivity index (χ4n) is 1.23. The number of para-hydroxylation sites is 1. The number of nitrogens with one attached hydrogen (secondary N) is 1. The molecule has 0 atom stereocenters. The van der Waals surface area contributed by atoms with E-state index in [-0.39, 0.29) is 6.61 Å². The molecule has 2 aromatic rings. The van der Waals surface area contributed by atoms with E-state index in [2.05, 4.69) is 14.9 Å². The summed E-state index contributed by atoms with van der Waals surface area (Å²) in [6.45, 7) is -0.134. The van der Waals surface area contributed by atoms with Gasteiger partial charge in [-0.1, -0.05) is 12.1 Å². The average molecular weight is 206 g/mol. The number of carbonyl (C=O) groups excluding carboxylic acids is 1. The molecule has 1 N–H and O–H groups in total. The lowest BCUT2D eigenvalue weighted by Crippen LogP contribution is -2.12. The van der Waals surface area contributed by atoms with Crippen LogP contribution < -0.4 is 4.74 Å². The third-order valence-corrected chi connectivity index (χ3v) is 1.99. The predicted molar refractivity (Wildman–Crippen MR) is 53.6 cm³/mol. The molecule has 1 aromatic carbocycles. The van der Waals surface area contributed by atoms with Crippen LogP contribution in [-0.4, -0.2) is 29.9 Å². The van der Waals surface area contributed by atoms with E-state index < -0.39 is 5.97 Å². The number of methoxy groups -OCH3 is 1. The lowest BCUT2D eigenvalue weighted by atomic mass is 10.2. The first-order valence-electron chi connectivity index (χ1n) is 4.44. The Kier molecular flexibility index (Phi) is 2.53. The molecule has 0 spiro atoms. The second-order valence-electron chi connectivity index (χ2n) is 2.94. The van der Waals surface area contributed by atoms with Crippen LogP contribution in [0.2, 0.25) is 0 Å². The van der Waals surface area contributed by atoms with Gasteiger partial charge in [0.25, 0.3) is 0 Å². The number of aromatic nitrogens is 2. The Hall–Kier alpha value is -2.04. The standard InChI is InChI=1S/C10H10N2O3/c1-14-9(13)6-15-10-7-4-2-3-5-8(7)11-12-10/h2-5H,6H2,1H3,(H,11,12). The van der Waals surface area contributed by atoms with Crippen LogP contribution in [0.3, 0.4) is 0 Å². The lowest BCUT2D eigenvalue weighted by molar-refractivity contribution is -0.142. The first kappa shape index (κ1) is 9.51. The van der Waals surface area contributed by atoms with E-state index >= 15 is 0 Å². The molecule has 0 saturated carbocycles. The van der Waals surface area contributed by atoms with Gasteiger partial charge in [-0.05, 0) is 12.1 Å². The monoisotopic (exact) mass is 206 g/mol. The van der Waals surface area contributed by atoms with Crippen molar-refractivity contribution < 1.29 is 14.3 Å². The number of ether oxygens (including phenoxy) is 2. The van der Waals surface area contributed by atoms with Gasteiger partial charge in [-0.15, -0.1) is 5.10 Å². The first-order valence-corrected chi connectivity index (χ1v) is 4.44. The van der Waals surface area contributed by atoms with E-state index in [1.54, 1.807) is 0 Å². The van der Waals surface area contributed by atoms with Crippen molar-refractivity contribution in [3.63, 3.8) is 0 Å². The number of hydrogen-bond donors (Lipinski definition) is 1. The molecular weight excluding hydrogens is 196 g/mol. The van der Waals surface area contributed by atoms with Gasteiger partial charge >= 0.3 is 5.97 Å². The highest BCUT2D eigenvalue weighted by molar-refractivity contribution is 5.84. The van der Waals surface area contributed by atoms with Crippen molar-refractivity contribution in [2.24, 2.45) is 0 Å². The van der Waals surface area contributed by atoms with E-state index in [1.165, 1.54) is 7.11 Å². The zero-order valence-electron chi connectivity index (χ0n) is 8.19. The second-order valence-corrected chi connectivity index (χ2v) is 2.94. The number of fused-ring (bicyclic) bond motifs is 1. The van der Waals surface area contributed by atoms with Gasteiger partial charge in [-0.2, -0.15) is 0 Å². The molecule has 0 aliphatic carbocycles. The number of carbonyl (C=O) groups is 1. The summed E-state index contributed by atoms with van der Waals surface area (Å²) in [6, 6.07) is 7.52. The topological polar surface area (TPSA) is 64.2 Å². The van der Waals surface area contributed by atoms with Gasteiger partial charge in [-0.3, -0.25) is 5.10 Å². The minimum atomic E-state index is -0.429. The fraction of sp³-hybridized carbons (Fsp3) is 0.200. The fourth-order valence-corrected chi connectivity index (χ4v) is 1.23. The minimum absolute atomic E-state index is 0.134. The Morgan fingerprint density at radius 2 is 2.27 bits per heavy atom. The summed E-state index contributed by atoms with van der Waals surface area (Å²) < 4.78 is 9.65. The summed E-state index contributed by atoms with van der Waals surface area (Å²) in [7, 11) is 1.31. The number of hydrogen-bond acceptors (Lipinski definition) is 4. The van der Waals surface area contributed by atoms with Crippen molar-refractivity contribution >= 4 is 16.9 Å². The summed E-state index contributed by atoms with van der Waals surface area (Å²) in [5.41, 5.74) is 0.873. The first-order chi connectivity index (χ1) is 7.31. The van der Waals surface area contributed by atoms with Crippen LogP contribution in [-0.2, 0) is 9.53 Å². The van der Waals surface area contributed by atoms with E-state index in [9.17, 15) is 4.79 Å². The largest absolute Gasteiger partial charge is 0.466 e. The van der Waals surface area contributed by atoms with E-state index in [4.69, 9.17) is 4.74 Å². The van der Waals surface area contributed by atoms with E-state index in [0.717, 1.165) is 10.9 Å². The summed E-state index contributed by atoms with van der Waals surface area (Å²) in [5.74, 6) is -0.0157. The summed E-state index contributed by atoms with van der Waals surface area (Å²) in [5, 5.41) is 7.60. The third-order valence-electron chi connectivity index (χ3n) is 1.99. The maximum atomic E-state index is 10.9. The van der Waals surface area contributed by atoms with Crippen molar-refractivity contribution in [3.05, 3.63) is 24.3 Å². The molecule has 2 rings (SSSR count). The molecular formula is C10H10N2O3. The Labute approximate surface area is 86.0 Å². The van der Waals surface area contributed by atoms with E-state index in [0.29, 0.717) is 5.88 Å². The van der Waals surface area contributed by atoms with Gasteiger partial charge in [0.1, 0.15) is 0 Å². The van der Waals surface area contributed by atoms with Gasteiger partial charge < -0.3 is 9.47 Å². The van der Waals surface area contributed by atoms with Gasteiger partial charge in [0, 0.05) is 0 Å². The number of esters is 1. The molecule has 1 heterocycles. The van der Waals surface area contributed by atoms with Crippen LogP contribution in [0.4, 0.5) is 0 Å². The smallest absolute Gasteiger partial charge is 0.343 e. The highest BCUT2D eigenvalue weighted by Crippen LogP contribution is 2.21. The summed E-state index contributed by atoms with van der Waals surface area (Å²) >= 11 is 0. The molecule has 1 aromatic heterocycles. The highest BCUT2D eigenvalue weighted by atomic mass is 16.6. The van der Waals surface area contributed by atoms with Crippen LogP contribution in [0.15, 0.2) is 24.3 Å². The predicted octanol–water partition coefficient (Wildman–Crippen LogP) is 1.11. The molecule has 0 aliphatic heterocycles. The van der Waals surface area contributed by atoms with Crippen molar-refractivity contribution in [1.82, 2.24) is 10.2 Å². The molecule has 0 radical (unpaired) electrons. The maximum absolute atomic E-state index is 10.9. The molecule has 0 bridgehead atoms. The third kappa shape index (κ3) is 1.90. The SMILES string of the molecule is COC(=O)COc1n[nH]c2ccccc12. The molecule has 5 nitrogen and oxygen atoms in total. The number of nitrogens with zero attached hydrogens (tertiary/aromatic N) is 1. The zero-order valence-corrected chi connectivity index (χ0v) is 8.19. The van der Waals surface area contributed by atoms with Crippen LogP contribution in [0.25, 0.3) is 10.9 Å². The maximum Gasteiger partial charge on any atom is 0.343 e. The Bertz CT molecular complexity index is 478. The van der Waals surface area contributed by atoms with Crippen LogP contribution >= 0.6 is 0 Å². The molecule has 0 amide bonds. The van der Waals surface area contributed by atoms with Crippen LogP contribution in [0.1, 0.15) is 0 Å². The molecule has 0 unspecified atom stereocenters.